The normalized spacial score (nSPS) is 18.9. The molecule has 1 aliphatic rings. The summed E-state index contributed by atoms with van der Waals surface area (Å²) in [6.07, 6.45) is 1.27. The van der Waals surface area contributed by atoms with Gasteiger partial charge in [0.2, 0.25) is 10.0 Å². The Morgan fingerprint density at radius 3 is 2.26 bits per heavy atom. The zero-order valence-electron chi connectivity index (χ0n) is 11.4. The van der Waals surface area contributed by atoms with E-state index < -0.39 is 10.0 Å². The lowest BCUT2D eigenvalue weighted by Gasteiger charge is -2.33. The van der Waals surface area contributed by atoms with Crippen LogP contribution in [0.3, 0.4) is 0 Å². The molecule has 1 aromatic heterocycles. The summed E-state index contributed by atoms with van der Waals surface area (Å²) in [5.41, 5.74) is 2.11. The van der Waals surface area contributed by atoms with E-state index in [0.717, 1.165) is 35.5 Å². The molecule has 1 saturated heterocycles. The molecule has 0 aliphatic carbocycles. The maximum absolute atomic E-state index is 11.4. The monoisotopic (exact) mass is 350 g/mol. The Bertz CT molecular complexity index is 561. The molecule has 0 spiro atoms. The van der Waals surface area contributed by atoms with E-state index in [0.29, 0.717) is 13.1 Å². The van der Waals surface area contributed by atoms with Crippen LogP contribution < -0.4 is 0 Å². The molecule has 0 saturated carbocycles. The fraction of sp³-hybridized carbons (Fsp3) is 0.727. The highest BCUT2D eigenvalue weighted by molar-refractivity contribution is 9.10. The van der Waals surface area contributed by atoms with Crippen LogP contribution in [0.1, 0.15) is 11.4 Å². The lowest BCUT2D eigenvalue weighted by Crippen LogP contribution is -2.48. The van der Waals surface area contributed by atoms with Crippen LogP contribution in [0, 0.1) is 6.92 Å². The lowest BCUT2D eigenvalue weighted by molar-refractivity contribution is 0.178. The summed E-state index contributed by atoms with van der Waals surface area (Å²) in [7, 11) is -1.12. The zero-order valence-corrected chi connectivity index (χ0v) is 13.8. The van der Waals surface area contributed by atoms with Gasteiger partial charge in [-0.1, -0.05) is 0 Å². The largest absolute Gasteiger partial charge is 0.295 e. The van der Waals surface area contributed by atoms with Crippen molar-refractivity contribution in [1.29, 1.82) is 0 Å². The molecule has 0 radical (unpaired) electrons. The number of nitrogens with zero attached hydrogens (tertiary/aromatic N) is 4. The first-order valence-electron chi connectivity index (χ1n) is 6.14. The third kappa shape index (κ3) is 3.36. The van der Waals surface area contributed by atoms with Crippen LogP contribution in [0.5, 0.6) is 0 Å². The maximum Gasteiger partial charge on any atom is 0.211 e. The highest BCUT2D eigenvalue weighted by atomic mass is 79.9. The van der Waals surface area contributed by atoms with Crippen molar-refractivity contribution in [1.82, 2.24) is 19.0 Å². The molecule has 0 N–H and O–H groups in total. The van der Waals surface area contributed by atoms with E-state index in [1.54, 1.807) is 0 Å². The molecule has 0 aromatic carbocycles. The van der Waals surface area contributed by atoms with E-state index in [-0.39, 0.29) is 0 Å². The second-order valence-electron chi connectivity index (χ2n) is 4.91. The molecule has 8 heteroatoms. The van der Waals surface area contributed by atoms with Crippen LogP contribution >= 0.6 is 15.9 Å². The van der Waals surface area contributed by atoms with Gasteiger partial charge in [0.25, 0.3) is 0 Å². The van der Waals surface area contributed by atoms with Gasteiger partial charge in [-0.15, -0.1) is 0 Å². The van der Waals surface area contributed by atoms with Gasteiger partial charge in [0.05, 0.1) is 22.1 Å². The Morgan fingerprint density at radius 1 is 1.26 bits per heavy atom. The standard InChI is InChI=1S/C11H19BrN4O2S/c1-9-11(12)10(14(2)13-9)8-15-4-6-16(7-5-15)19(3,17)18/h4-8H2,1-3H3. The predicted molar refractivity (Wildman–Crippen MR) is 77.3 cm³/mol. The Labute approximate surface area is 122 Å². The van der Waals surface area contributed by atoms with E-state index in [1.165, 1.54) is 10.6 Å². The number of aryl methyl sites for hydroxylation is 2. The van der Waals surface area contributed by atoms with E-state index in [4.69, 9.17) is 0 Å². The van der Waals surface area contributed by atoms with Crippen molar-refractivity contribution in [2.75, 3.05) is 32.4 Å². The van der Waals surface area contributed by atoms with Gasteiger partial charge in [0.15, 0.2) is 0 Å². The molecule has 2 rings (SSSR count). The number of hydrogen-bond donors (Lipinski definition) is 0. The third-order valence-corrected chi connectivity index (χ3v) is 5.77. The molecule has 2 heterocycles. The van der Waals surface area contributed by atoms with Gasteiger partial charge in [-0.2, -0.15) is 9.40 Å². The number of rotatable bonds is 3. The number of halogens is 1. The highest BCUT2D eigenvalue weighted by Crippen LogP contribution is 2.22. The fourth-order valence-electron chi connectivity index (χ4n) is 2.28. The Morgan fingerprint density at radius 2 is 1.84 bits per heavy atom. The number of hydrogen-bond acceptors (Lipinski definition) is 4. The molecule has 1 aliphatic heterocycles. The lowest BCUT2D eigenvalue weighted by atomic mass is 10.3. The highest BCUT2D eigenvalue weighted by Gasteiger charge is 2.24. The van der Waals surface area contributed by atoms with Gasteiger partial charge >= 0.3 is 0 Å². The Kier molecular flexibility index (Phi) is 4.34. The SMILES string of the molecule is Cc1nn(C)c(CN2CCN(S(C)(=O)=O)CC2)c1Br. The second kappa shape index (κ2) is 5.51. The average molecular weight is 351 g/mol. The van der Waals surface area contributed by atoms with Crippen LogP contribution in [-0.4, -0.2) is 59.8 Å². The van der Waals surface area contributed by atoms with Crippen LogP contribution in [0.2, 0.25) is 0 Å². The van der Waals surface area contributed by atoms with Crippen molar-refractivity contribution in [3.8, 4) is 0 Å². The smallest absolute Gasteiger partial charge is 0.211 e. The first-order valence-corrected chi connectivity index (χ1v) is 8.78. The minimum Gasteiger partial charge on any atom is -0.295 e. The molecular formula is C11H19BrN4O2S. The molecule has 0 amide bonds. The first kappa shape index (κ1) is 15.0. The number of aromatic nitrogens is 2. The van der Waals surface area contributed by atoms with Gasteiger partial charge in [0, 0.05) is 39.8 Å². The van der Waals surface area contributed by atoms with Crippen molar-refractivity contribution < 1.29 is 8.42 Å². The summed E-state index contributed by atoms with van der Waals surface area (Å²) in [4.78, 5) is 2.25. The van der Waals surface area contributed by atoms with Gasteiger partial charge in [-0.05, 0) is 22.9 Å². The fourth-order valence-corrected chi connectivity index (χ4v) is 3.57. The van der Waals surface area contributed by atoms with Crippen molar-refractivity contribution in [2.24, 2.45) is 7.05 Å². The summed E-state index contributed by atoms with van der Waals surface area (Å²) in [5.74, 6) is 0. The molecule has 0 unspecified atom stereocenters. The Balaban J connectivity index is 2.00. The van der Waals surface area contributed by atoms with Gasteiger partial charge in [-0.3, -0.25) is 9.58 Å². The molecule has 0 atom stereocenters. The molecule has 19 heavy (non-hydrogen) atoms. The van der Waals surface area contributed by atoms with Crippen LogP contribution in [0.4, 0.5) is 0 Å². The van der Waals surface area contributed by atoms with Gasteiger partial charge in [0.1, 0.15) is 0 Å². The quantitative estimate of drug-likeness (QED) is 0.799. The van der Waals surface area contributed by atoms with Gasteiger partial charge in [-0.25, -0.2) is 8.42 Å². The molecule has 6 nitrogen and oxygen atoms in total. The second-order valence-corrected chi connectivity index (χ2v) is 7.68. The zero-order chi connectivity index (χ0) is 14.2. The van der Waals surface area contributed by atoms with Gasteiger partial charge < -0.3 is 0 Å². The molecule has 108 valence electrons. The third-order valence-electron chi connectivity index (χ3n) is 3.44. The van der Waals surface area contributed by atoms with Crippen molar-refractivity contribution in [3.05, 3.63) is 15.9 Å². The van der Waals surface area contributed by atoms with Crippen LogP contribution in [-0.2, 0) is 23.6 Å². The van der Waals surface area contributed by atoms with Crippen molar-refractivity contribution in [3.63, 3.8) is 0 Å². The summed E-state index contributed by atoms with van der Waals surface area (Å²) in [5, 5.41) is 4.37. The van der Waals surface area contributed by atoms with Crippen molar-refractivity contribution in [2.45, 2.75) is 13.5 Å². The predicted octanol–water partition coefficient (Wildman–Crippen LogP) is 0.568. The summed E-state index contributed by atoms with van der Waals surface area (Å²) < 4.78 is 27.4. The molecule has 1 fully saturated rings. The first-order chi connectivity index (χ1) is 8.79. The molecular weight excluding hydrogens is 332 g/mol. The van der Waals surface area contributed by atoms with E-state index in [2.05, 4.69) is 25.9 Å². The van der Waals surface area contributed by atoms with Crippen LogP contribution in [0.25, 0.3) is 0 Å². The maximum atomic E-state index is 11.4. The number of sulfonamides is 1. The van der Waals surface area contributed by atoms with E-state index in [1.807, 2.05) is 18.7 Å². The van der Waals surface area contributed by atoms with Crippen LogP contribution in [0.15, 0.2) is 4.47 Å². The summed E-state index contributed by atoms with van der Waals surface area (Å²) in [6, 6.07) is 0. The van der Waals surface area contributed by atoms with Crippen molar-refractivity contribution >= 4 is 26.0 Å². The number of piperazine rings is 1. The summed E-state index contributed by atoms with van der Waals surface area (Å²) >= 11 is 3.56. The minimum absolute atomic E-state index is 0.563. The molecule has 0 bridgehead atoms. The molecule has 1 aromatic rings. The minimum atomic E-state index is -3.05. The van der Waals surface area contributed by atoms with E-state index in [9.17, 15) is 8.42 Å². The summed E-state index contributed by atoms with van der Waals surface area (Å²) in [6.45, 7) is 5.39. The van der Waals surface area contributed by atoms with E-state index >= 15 is 0 Å². The topological polar surface area (TPSA) is 58.4 Å². The Hall–Kier alpha value is -0.440. The average Bonchev–Trinajstić information content (AvgIpc) is 2.56.